The van der Waals surface area contributed by atoms with Gasteiger partial charge in [0.1, 0.15) is 5.82 Å². The van der Waals surface area contributed by atoms with Gasteiger partial charge in [-0.25, -0.2) is 4.39 Å². The zero-order chi connectivity index (χ0) is 20.1. The van der Waals surface area contributed by atoms with Crippen molar-refractivity contribution < 1.29 is 9.18 Å². The van der Waals surface area contributed by atoms with E-state index in [1.54, 1.807) is 17.0 Å². The highest BCUT2D eigenvalue weighted by Crippen LogP contribution is 2.26. The van der Waals surface area contributed by atoms with E-state index in [9.17, 15) is 14.0 Å². The maximum atomic E-state index is 13.1. The van der Waals surface area contributed by atoms with Gasteiger partial charge in [-0.1, -0.05) is 13.8 Å². The van der Waals surface area contributed by atoms with E-state index in [0.29, 0.717) is 25.6 Å². The van der Waals surface area contributed by atoms with E-state index in [1.807, 2.05) is 0 Å². The Labute approximate surface area is 163 Å². The first-order valence-electron chi connectivity index (χ1n) is 9.56. The molecule has 0 fully saturated rings. The standard InChI is InChI=1S/C19H25FN6O2/c1-3-24(4-2)11-5-10-21-17(27)16-18(28)26-13-12-25(19(26)23-22-16)15-8-6-14(20)7-9-15/h6-9H,3-5,10-13H2,1-2H3,(H,21,27). The molecule has 0 saturated heterocycles. The fourth-order valence-corrected chi connectivity index (χ4v) is 3.25. The molecule has 1 aromatic carbocycles. The van der Waals surface area contributed by atoms with Gasteiger partial charge in [-0.05, 0) is 50.3 Å². The molecule has 0 aliphatic carbocycles. The van der Waals surface area contributed by atoms with Crippen molar-refractivity contribution in [2.24, 2.45) is 0 Å². The van der Waals surface area contributed by atoms with Gasteiger partial charge in [0.15, 0.2) is 0 Å². The quantitative estimate of drug-likeness (QED) is 0.688. The van der Waals surface area contributed by atoms with Gasteiger partial charge >= 0.3 is 0 Å². The lowest BCUT2D eigenvalue weighted by Crippen LogP contribution is -2.36. The predicted octanol–water partition coefficient (Wildman–Crippen LogP) is 1.39. The number of benzene rings is 1. The summed E-state index contributed by atoms with van der Waals surface area (Å²) in [6.45, 7) is 8.37. The topological polar surface area (TPSA) is 83.4 Å². The van der Waals surface area contributed by atoms with E-state index in [4.69, 9.17) is 0 Å². The van der Waals surface area contributed by atoms with E-state index >= 15 is 0 Å². The van der Waals surface area contributed by atoms with Gasteiger partial charge in [0, 0.05) is 25.3 Å². The van der Waals surface area contributed by atoms with Crippen LogP contribution in [0.15, 0.2) is 29.1 Å². The normalized spacial score (nSPS) is 13.1. The first-order valence-corrected chi connectivity index (χ1v) is 9.56. The maximum Gasteiger partial charge on any atom is 0.286 e. The largest absolute Gasteiger partial charge is 0.350 e. The summed E-state index contributed by atoms with van der Waals surface area (Å²) in [6, 6.07) is 5.94. The highest BCUT2D eigenvalue weighted by molar-refractivity contribution is 5.91. The first-order chi connectivity index (χ1) is 13.5. The third-order valence-electron chi connectivity index (χ3n) is 4.90. The molecule has 2 aromatic rings. The van der Waals surface area contributed by atoms with Gasteiger partial charge in [-0.15, -0.1) is 10.2 Å². The van der Waals surface area contributed by atoms with Crippen molar-refractivity contribution >= 4 is 17.5 Å². The molecular weight excluding hydrogens is 363 g/mol. The number of rotatable bonds is 8. The second kappa shape index (κ2) is 8.92. The Bertz CT molecular complexity index is 879. The van der Waals surface area contributed by atoms with Gasteiger partial charge in [-0.3, -0.25) is 14.2 Å². The number of nitrogens with zero attached hydrogens (tertiary/aromatic N) is 5. The van der Waals surface area contributed by atoms with E-state index < -0.39 is 11.5 Å². The smallest absolute Gasteiger partial charge is 0.286 e. The SMILES string of the molecule is CCN(CC)CCCNC(=O)c1nnc2n(c1=O)CCN2c1ccc(F)cc1. The lowest BCUT2D eigenvalue weighted by atomic mass is 10.3. The third kappa shape index (κ3) is 4.19. The van der Waals surface area contributed by atoms with Crippen LogP contribution >= 0.6 is 0 Å². The van der Waals surface area contributed by atoms with Crippen LogP contribution in [0.5, 0.6) is 0 Å². The van der Waals surface area contributed by atoms with E-state index in [2.05, 4.69) is 34.3 Å². The number of aromatic nitrogens is 3. The fourth-order valence-electron chi connectivity index (χ4n) is 3.25. The lowest BCUT2D eigenvalue weighted by molar-refractivity contribution is 0.0943. The van der Waals surface area contributed by atoms with E-state index in [1.165, 1.54) is 16.7 Å². The molecule has 150 valence electrons. The average Bonchev–Trinajstić information content (AvgIpc) is 3.14. The second-order valence-corrected chi connectivity index (χ2v) is 6.57. The van der Waals surface area contributed by atoms with Gasteiger partial charge in [0.2, 0.25) is 11.6 Å². The van der Waals surface area contributed by atoms with E-state index in [0.717, 1.165) is 31.7 Å². The number of carbonyl (C=O) groups excluding carboxylic acids is 1. The number of anilines is 2. The number of halogens is 1. The number of nitrogens with one attached hydrogen (secondary N) is 1. The second-order valence-electron chi connectivity index (χ2n) is 6.57. The van der Waals surface area contributed by atoms with Crippen molar-refractivity contribution in [1.29, 1.82) is 0 Å². The molecule has 1 amide bonds. The van der Waals surface area contributed by atoms with Gasteiger partial charge in [0.25, 0.3) is 11.5 Å². The van der Waals surface area contributed by atoms with Crippen molar-refractivity contribution in [2.45, 2.75) is 26.8 Å². The predicted molar refractivity (Wildman–Crippen MR) is 104 cm³/mol. The number of amides is 1. The minimum absolute atomic E-state index is 0.201. The molecule has 0 spiro atoms. The number of hydrogen-bond donors (Lipinski definition) is 1. The fraction of sp³-hybridized carbons (Fsp3) is 0.474. The summed E-state index contributed by atoms with van der Waals surface area (Å²) in [4.78, 5) is 29.1. The summed E-state index contributed by atoms with van der Waals surface area (Å²) in [7, 11) is 0. The summed E-state index contributed by atoms with van der Waals surface area (Å²) in [5, 5.41) is 10.7. The summed E-state index contributed by atoms with van der Waals surface area (Å²) < 4.78 is 14.6. The molecule has 1 aliphatic heterocycles. The summed E-state index contributed by atoms with van der Waals surface area (Å²) in [5.74, 6) is -0.485. The Kier molecular flexibility index (Phi) is 6.35. The van der Waals surface area contributed by atoms with Crippen LogP contribution in [-0.4, -0.2) is 58.3 Å². The molecule has 8 nitrogen and oxygen atoms in total. The van der Waals surface area contributed by atoms with Crippen molar-refractivity contribution in [3.05, 3.63) is 46.1 Å². The number of hydrogen-bond acceptors (Lipinski definition) is 6. The molecule has 0 unspecified atom stereocenters. The molecule has 0 bridgehead atoms. The molecule has 9 heteroatoms. The Morgan fingerprint density at radius 1 is 1.18 bits per heavy atom. The molecule has 28 heavy (non-hydrogen) atoms. The van der Waals surface area contributed by atoms with Crippen LogP contribution in [0.4, 0.5) is 16.0 Å². The minimum atomic E-state index is -0.507. The molecule has 3 rings (SSSR count). The van der Waals surface area contributed by atoms with Gasteiger partial charge < -0.3 is 15.1 Å². The number of carbonyl (C=O) groups is 1. The van der Waals surface area contributed by atoms with E-state index in [-0.39, 0.29) is 11.5 Å². The zero-order valence-electron chi connectivity index (χ0n) is 16.2. The van der Waals surface area contributed by atoms with Crippen LogP contribution in [0.3, 0.4) is 0 Å². The molecule has 1 aromatic heterocycles. The highest BCUT2D eigenvalue weighted by atomic mass is 19.1. The summed E-state index contributed by atoms with van der Waals surface area (Å²) >= 11 is 0. The Morgan fingerprint density at radius 2 is 1.89 bits per heavy atom. The van der Waals surface area contributed by atoms with Crippen molar-refractivity contribution in [3.63, 3.8) is 0 Å². The molecule has 0 atom stereocenters. The lowest BCUT2D eigenvalue weighted by Gasteiger charge is -2.17. The summed E-state index contributed by atoms with van der Waals surface area (Å²) in [5.41, 5.74) is 0.0540. The zero-order valence-corrected chi connectivity index (χ0v) is 16.2. The molecule has 2 heterocycles. The van der Waals surface area contributed by atoms with Crippen LogP contribution in [0.1, 0.15) is 30.8 Å². The Morgan fingerprint density at radius 3 is 2.57 bits per heavy atom. The first kappa shape index (κ1) is 19.9. The minimum Gasteiger partial charge on any atom is -0.350 e. The third-order valence-corrected chi connectivity index (χ3v) is 4.90. The van der Waals surface area contributed by atoms with Crippen LogP contribution in [0.25, 0.3) is 0 Å². The van der Waals surface area contributed by atoms with Crippen LogP contribution in [-0.2, 0) is 6.54 Å². The average molecular weight is 388 g/mol. The van der Waals surface area contributed by atoms with Crippen LogP contribution < -0.4 is 15.8 Å². The highest BCUT2D eigenvalue weighted by Gasteiger charge is 2.27. The molecule has 0 saturated carbocycles. The van der Waals surface area contributed by atoms with Crippen molar-refractivity contribution in [2.75, 3.05) is 37.6 Å². The molecule has 0 radical (unpaired) electrons. The van der Waals surface area contributed by atoms with Crippen LogP contribution in [0, 0.1) is 5.82 Å². The molecule has 1 aliphatic rings. The van der Waals surface area contributed by atoms with Gasteiger partial charge in [-0.2, -0.15) is 0 Å². The molecule has 1 N–H and O–H groups in total. The van der Waals surface area contributed by atoms with Crippen molar-refractivity contribution in [1.82, 2.24) is 25.0 Å². The van der Waals surface area contributed by atoms with Crippen LogP contribution in [0.2, 0.25) is 0 Å². The monoisotopic (exact) mass is 388 g/mol. The Balaban J connectivity index is 1.68. The Hall–Kier alpha value is -2.81. The van der Waals surface area contributed by atoms with Gasteiger partial charge in [0.05, 0.1) is 0 Å². The number of fused-ring (bicyclic) bond motifs is 1. The summed E-state index contributed by atoms with van der Waals surface area (Å²) in [6.07, 6.45) is 0.797. The molecular formula is C19H25FN6O2. The van der Waals surface area contributed by atoms with Crippen molar-refractivity contribution in [3.8, 4) is 0 Å². The maximum absolute atomic E-state index is 13.1.